The Labute approximate surface area is 143 Å². The van der Waals surface area contributed by atoms with Gasteiger partial charge in [-0.25, -0.2) is 14.4 Å². The summed E-state index contributed by atoms with van der Waals surface area (Å²) in [6, 6.07) is 6.70. The number of benzene rings is 1. The number of nitrogens with one attached hydrogen (secondary N) is 1. The lowest BCUT2D eigenvalue weighted by Gasteiger charge is -2.34. The third-order valence-corrected chi connectivity index (χ3v) is 4.41. The van der Waals surface area contributed by atoms with Crippen molar-refractivity contribution >= 4 is 28.3 Å². The molecule has 0 saturated carbocycles. The number of anilines is 1. The molecule has 1 aliphatic rings. The van der Waals surface area contributed by atoms with Crippen LogP contribution in [0.1, 0.15) is 6.92 Å². The molecular formula is C17H16ClFN4O. The quantitative estimate of drug-likeness (QED) is 0.720. The Bertz CT molecular complexity index is 897. The van der Waals surface area contributed by atoms with Crippen molar-refractivity contribution in [2.75, 3.05) is 24.7 Å². The number of nitrogens with zero attached hydrogens (tertiary/aromatic N) is 3. The minimum Gasteiger partial charge on any atom is -0.377 e. The smallest absolute Gasteiger partial charge is 0.163 e. The molecule has 0 radical (unpaired) electrons. The van der Waals surface area contributed by atoms with E-state index in [1.54, 1.807) is 12.3 Å². The zero-order valence-electron chi connectivity index (χ0n) is 13.1. The maximum Gasteiger partial charge on any atom is 0.163 e. The lowest BCUT2D eigenvalue weighted by molar-refractivity contribution is 0.0985. The van der Waals surface area contributed by atoms with Crippen LogP contribution in [0.3, 0.4) is 0 Å². The monoisotopic (exact) mass is 346 g/mol. The van der Waals surface area contributed by atoms with Crippen LogP contribution < -0.4 is 4.90 Å². The molecule has 1 aromatic carbocycles. The molecule has 0 spiro atoms. The van der Waals surface area contributed by atoms with Gasteiger partial charge in [0, 0.05) is 35.3 Å². The number of fused-ring (bicyclic) bond motifs is 1. The second kappa shape index (κ2) is 6.03. The summed E-state index contributed by atoms with van der Waals surface area (Å²) in [5.74, 6) is 0.804. The molecule has 1 fully saturated rings. The van der Waals surface area contributed by atoms with Gasteiger partial charge < -0.3 is 14.6 Å². The van der Waals surface area contributed by atoms with E-state index >= 15 is 0 Å². The van der Waals surface area contributed by atoms with Gasteiger partial charge in [-0.15, -0.1) is 0 Å². The number of ether oxygens (including phenoxy) is 1. The van der Waals surface area contributed by atoms with Gasteiger partial charge in [0.25, 0.3) is 0 Å². The number of H-pyrrole nitrogens is 1. The largest absolute Gasteiger partial charge is 0.377 e. The summed E-state index contributed by atoms with van der Waals surface area (Å²) in [4.78, 5) is 14.1. The number of aromatic amines is 1. The summed E-state index contributed by atoms with van der Waals surface area (Å²) in [5, 5.41) is 1.20. The normalized spacial score (nSPS) is 18.3. The minimum atomic E-state index is -0.343. The van der Waals surface area contributed by atoms with Crippen LogP contribution in [0.25, 0.3) is 22.3 Å². The highest BCUT2D eigenvalue weighted by molar-refractivity contribution is 6.29. The van der Waals surface area contributed by atoms with Crippen LogP contribution >= 0.6 is 11.6 Å². The molecule has 4 rings (SSSR count). The number of hydrogen-bond donors (Lipinski definition) is 1. The van der Waals surface area contributed by atoms with Crippen molar-refractivity contribution in [1.29, 1.82) is 0 Å². The van der Waals surface area contributed by atoms with E-state index in [2.05, 4.69) is 26.8 Å². The number of rotatable bonds is 2. The fourth-order valence-electron chi connectivity index (χ4n) is 3.06. The first-order valence-electron chi connectivity index (χ1n) is 7.78. The van der Waals surface area contributed by atoms with E-state index in [9.17, 15) is 4.39 Å². The van der Waals surface area contributed by atoms with Gasteiger partial charge in [-0.3, -0.25) is 0 Å². The zero-order chi connectivity index (χ0) is 16.7. The molecule has 1 N–H and O–H groups in total. The molecule has 0 aliphatic carbocycles. The third kappa shape index (κ3) is 2.72. The summed E-state index contributed by atoms with van der Waals surface area (Å²) < 4.78 is 19.4. The summed E-state index contributed by atoms with van der Waals surface area (Å²) in [6.07, 6.45) is 1.77. The molecule has 5 nitrogen and oxygen atoms in total. The van der Waals surface area contributed by atoms with Crippen molar-refractivity contribution in [1.82, 2.24) is 15.0 Å². The number of halogens is 2. The Morgan fingerprint density at radius 3 is 3.04 bits per heavy atom. The molecule has 1 atom stereocenters. The van der Waals surface area contributed by atoms with Gasteiger partial charge in [-0.1, -0.05) is 11.6 Å². The van der Waals surface area contributed by atoms with Crippen LogP contribution in [0.4, 0.5) is 10.2 Å². The van der Waals surface area contributed by atoms with Crippen LogP contribution in [0.5, 0.6) is 0 Å². The highest BCUT2D eigenvalue weighted by Crippen LogP contribution is 2.30. The second-order valence-corrected chi connectivity index (χ2v) is 6.27. The van der Waals surface area contributed by atoms with Crippen LogP contribution in [-0.4, -0.2) is 40.8 Å². The predicted octanol–water partition coefficient (Wildman–Crippen LogP) is 3.64. The first kappa shape index (κ1) is 15.4. The number of hydrogen-bond acceptors (Lipinski definition) is 4. The first-order chi connectivity index (χ1) is 11.6. The molecule has 7 heteroatoms. The Morgan fingerprint density at radius 2 is 2.21 bits per heavy atom. The van der Waals surface area contributed by atoms with Crippen LogP contribution in [0, 0.1) is 5.82 Å². The summed E-state index contributed by atoms with van der Waals surface area (Å²) in [7, 11) is 0. The van der Waals surface area contributed by atoms with Crippen molar-refractivity contribution in [3.05, 3.63) is 41.4 Å². The molecule has 3 aromatic rings. The molecule has 1 saturated heterocycles. The summed E-state index contributed by atoms with van der Waals surface area (Å²) >= 11 is 6.22. The van der Waals surface area contributed by atoms with E-state index in [1.165, 1.54) is 12.1 Å². The second-order valence-electron chi connectivity index (χ2n) is 5.88. The van der Waals surface area contributed by atoms with Crippen molar-refractivity contribution in [2.45, 2.75) is 13.0 Å². The average Bonchev–Trinajstić information content (AvgIpc) is 3.02. The van der Waals surface area contributed by atoms with Gasteiger partial charge in [0.2, 0.25) is 0 Å². The van der Waals surface area contributed by atoms with Gasteiger partial charge in [0.1, 0.15) is 16.8 Å². The van der Waals surface area contributed by atoms with Gasteiger partial charge in [-0.05, 0) is 25.1 Å². The van der Waals surface area contributed by atoms with Gasteiger partial charge in [0.05, 0.1) is 19.3 Å². The minimum absolute atomic E-state index is 0.192. The maximum absolute atomic E-state index is 13.9. The Kier molecular flexibility index (Phi) is 3.86. The lowest BCUT2D eigenvalue weighted by atomic mass is 10.1. The topological polar surface area (TPSA) is 54.0 Å². The maximum atomic E-state index is 13.9. The standard InChI is InChI=1S/C17H16ClFN4O/c1-10-9-24-5-4-23(10)16-8-15(18)21-17(22-16)13-6-11(19)7-14-12(13)2-3-20-14/h2-3,6-8,10,20H,4-5,9H2,1H3. The van der Waals surface area contributed by atoms with E-state index in [4.69, 9.17) is 16.3 Å². The van der Waals surface area contributed by atoms with E-state index in [0.29, 0.717) is 35.3 Å². The molecule has 1 unspecified atom stereocenters. The fourth-order valence-corrected chi connectivity index (χ4v) is 3.24. The van der Waals surface area contributed by atoms with E-state index < -0.39 is 0 Å². The van der Waals surface area contributed by atoms with E-state index in [1.807, 2.05) is 6.07 Å². The van der Waals surface area contributed by atoms with Crippen molar-refractivity contribution in [3.63, 3.8) is 0 Å². The van der Waals surface area contributed by atoms with Crippen molar-refractivity contribution in [3.8, 4) is 11.4 Å². The fraction of sp³-hybridized carbons (Fsp3) is 0.294. The van der Waals surface area contributed by atoms with Gasteiger partial charge in [-0.2, -0.15) is 0 Å². The van der Waals surface area contributed by atoms with Crippen molar-refractivity contribution in [2.24, 2.45) is 0 Å². The van der Waals surface area contributed by atoms with E-state index in [0.717, 1.165) is 17.7 Å². The van der Waals surface area contributed by atoms with Crippen LogP contribution in [0.15, 0.2) is 30.5 Å². The number of morpholine rings is 1. The predicted molar refractivity (Wildman–Crippen MR) is 91.9 cm³/mol. The molecular weight excluding hydrogens is 331 g/mol. The molecule has 0 amide bonds. The average molecular weight is 347 g/mol. The van der Waals surface area contributed by atoms with Gasteiger partial charge >= 0.3 is 0 Å². The Hall–Kier alpha value is -2.18. The van der Waals surface area contributed by atoms with Crippen LogP contribution in [0.2, 0.25) is 5.15 Å². The molecule has 2 aromatic heterocycles. The highest BCUT2D eigenvalue weighted by atomic mass is 35.5. The Balaban J connectivity index is 1.85. The third-order valence-electron chi connectivity index (χ3n) is 4.22. The van der Waals surface area contributed by atoms with Crippen molar-refractivity contribution < 1.29 is 9.13 Å². The zero-order valence-corrected chi connectivity index (χ0v) is 13.8. The molecule has 0 bridgehead atoms. The van der Waals surface area contributed by atoms with Crippen LogP contribution in [-0.2, 0) is 4.74 Å². The lowest BCUT2D eigenvalue weighted by Crippen LogP contribution is -2.44. The summed E-state index contributed by atoms with van der Waals surface area (Å²) in [5.41, 5.74) is 1.32. The Morgan fingerprint density at radius 1 is 1.33 bits per heavy atom. The SMILES string of the molecule is CC1COCCN1c1cc(Cl)nc(-c2cc(F)cc3[nH]ccc23)n1. The first-order valence-corrected chi connectivity index (χ1v) is 8.15. The molecule has 124 valence electrons. The number of aromatic nitrogens is 3. The molecule has 24 heavy (non-hydrogen) atoms. The molecule has 3 heterocycles. The van der Waals surface area contributed by atoms with Gasteiger partial charge in [0.15, 0.2) is 5.82 Å². The molecule has 1 aliphatic heterocycles. The van der Waals surface area contributed by atoms with E-state index in [-0.39, 0.29) is 11.9 Å². The highest BCUT2D eigenvalue weighted by Gasteiger charge is 2.22. The summed E-state index contributed by atoms with van der Waals surface area (Å²) in [6.45, 7) is 4.08.